The minimum absolute atomic E-state index is 0.0557. The van der Waals surface area contributed by atoms with Crippen molar-refractivity contribution in [3.8, 4) is 6.07 Å². The predicted octanol–water partition coefficient (Wildman–Crippen LogP) is 4.72. The third-order valence-corrected chi connectivity index (χ3v) is 9.55. The standard InChI is InChI=1S/C24H31NO2/c1-22-12-9-18-16(17(22)6-8-20(22)26)5-7-19-23(18,2)13-15(14-25)21(27)24(19)10-3-4-11-24/h7,13,16-18,20,26H,3-6,8-12H2,1-2H3/t16?,17-,18-,20-,22-,23+/m0/s1. The molecule has 3 saturated carbocycles. The summed E-state index contributed by atoms with van der Waals surface area (Å²) in [7, 11) is 0. The van der Waals surface area contributed by atoms with Crippen LogP contribution in [-0.4, -0.2) is 17.0 Å². The molecule has 0 amide bonds. The summed E-state index contributed by atoms with van der Waals surface area (Å²) in [6.07, 6.45) is 13.6. The fourth-order valence-electron chi connectivity index (χ4n) is 8.21. The lowest BCUT2D eigenvalue weighted by Crippen LogP contribution is -2.53. The van der Waals surface area contributed by atoms with Crippen molar-refractivity contribution in [3.05, 3.63) is 23.3 Å². The number of nitriles is 1. The smallest absolute Gasteiger partial charge is 0.183 e. The molecule has 0 bridgehead atoms. The number of aliphatic hydroxyl groups excluding tert-OH is 1. The van der Waals surface area contributed by atoms with Crippen LogP contribution in [0.3, 0.4) is 0 Å². The molecule has 5 rings (SSSR count). The van der Waals surface area contributed by atoms with Gasteiger partial charge in [0.05, 0.1) is 17.1 Å². The van der Waals surface area contributed by atoms with Gasteiger partial charge in [-0.25, -0.2) is 0 Å². The molecule has 1 spiro atoms. The van der Waals surface area contributed by atoms with Crippen LogP contribution in [0, 0.1) is 45.3 Å². The van der Waals surface area contributed by atoms with Crippen LogP contribution in [0.15, 0.2) is 23.3 Å². The van der Waals surface area contributed by atoms with Crippen molar-refractivity contribution in [1.82, 2.24) is 0 Å². The van der Waals surface area contributed by atoms with E-state index < -0.39 is 5.41 Å². The molecular weight excluding hydrogens is 334 g/mol. The van der Waals surface area contributed by atoms with E-state index in [1.165, 1.54) is 5.57 Å². The Bertz CT molecular complexity index is 796. The van der Waals surface area contributed by atoms with Crippen LogP contribution >= 0.6 is 0 Å². The lowest BCUT2D eigenvalue weighted by Gasteiger charge is -2.58. The minimum Gasteiger partial charge on any atom is -0.393 e. The topological polar surface area (TPSA) is 61.1 Å². The molecule has 0 heterocycles. The van der Waals surface area contributed by atoms with Crippen molar-refractivity contribution in [2.75, 3.05) is 0 Å². The molecule has 0 aromatic heterocycles. The Hall–Kier alpha value is -1.40. The maximum Gasteiger partial charge on any atom is 0.183 e. The summed E-state index contributed by atoms with van der Waals surface area (Å²) < 4.78 is 0. The number of carbonyl (C=O) groups is 1. The van der Waals surface area contributed by atoms with Crippen molar-refractivity contribution in [2.45, 2.75) is 77.7 Å². The Morgan fingerprint density at radius 1 is 1.11 bits per heavy atom. The van der Waals surface area contributed by atoms with Crippen molar-refractivity contribution < 1.29 is 9.90 Å². The lowest BCUT2D eigenvalue weighted by molar-refractivity contribution is -0.125. The molecule has 3 heteroatoms. The van der Waals surface area contributed by atoms with Gasteiger partial charge in [-0.15, -0.1) is 0 Å². The Morgan fingerprint density at radius 2 is 1.85 bits per heavy atom. The van der Waals surface area contributed by atoms with Crippen LogP contribution in [-0.2, 0) is 4.79 Å². The lowest BCUT2D eigenvalue weighted by atomic mass is 9.45. The van der Waals surface area contributed by atoms with E-state index in [0.29, 0.717) is 23.3 Å². The Kier molecular flexibility index (Phi) is 3.65. The van der Waals surface area contributed by atoms with E-state index in [4.69, 9.17) is 0 Å². The van der Waals surface area contributed by atoms with Crippen LogP contribution < -0.4 is 0 Å². The monoisotopic (exact) mass is 365 g/mol. The van der Waals surface area contributed by atoms with E-state index in [2.05, 4.69) is 32.1 Å². The van der Waals surface area contributed by atoms with Crippen molar-refractivity contribution in [2.24, 2.45) is 34.0 Å². The molecule has 0 saturated heterocycles. The number of ketones is 1. The summed E-state index contributed by atoms with van der Waals surface area (Å²) in [4.78, 5) is 13.2. The molecule has 3 fully saturated rings. The third kappa shape index (κ3) is 2.03. The van der Waals surface area contributed by atoms with Gasteiger partial charge < -0.3 is 5.11 Å². The van der Waals surface area contributed by atoms with Crippen LogP contribution in [0.5, 0.6) is 0 Å². The highest BCUT2D eigenvalue weighted by Gasteiger charge is 2.62. The maximum atomic E-state index is 13.2. The molecule has 6 atom stereocenters. The van der Waals surface area contributed by atoms with Crippen LogP contribution in [0.25, 0.3) is 0 Å². The number of carbonyl (C=O) groups excluding carboxylic acids is 1. The number of Topliss-reactive ketones (excluding diaryl/α,β-unsaturated/α-hetero) is 1. The Morgan fingerprint density at radius 3 is 2.56 bits per heavy atom. The summed E-state index contributed by atoms with van der Waals surface area (Å²) in [6.45, 7) is 4.61. The predicted molar refractivity (Wildman–Crippen MR) is 103 cm³/mol. The second-order valence-corrected chi connectivity index (χ2v) is 10.4. The average Bonchev–Trinajstić information content (AvgIpc) is 3.25. The highest BCUT2D eigenvalue weighted by molar-refractivity contribution is 6.07. The molecule has 3 nitrogen and oxygen atoms in total. The van der Waals surface area contributed by atoms with Gasteiger partial charge in [0.15, 0.2) is 5.78 Å². The van der Waals surface area contributed by atoms with E-state index in [1.807, 2.05) is 0 Å². The number of rotatable bonds is 0. The SMILES string of the molecule is C[C@]12CC[C@H]3C(CC=C4C5(CCCC5)C(=O)C(C#N)=C[C@@]43C)[C@@H]1CC[C@@H]2O. The van der Waals surface area contributed by atoms with Gasteiger partial charge in [0.2, 0.25) is 0 Å². The van der Waals surface area contributed by atoms with Crippen molar-refractivity contribution in [1.29, 1.82) is 5.26 Å². The second kappa shape index (κ2) is 5.57. The molecule has 0 aromatic carbocycles. The fraction of sp³-hybridized carbons (Fsp3) is 0.750. The van der Waals surface area contributed by atoms with Gasteiger partial charge in [-0.3, -0.25) is 4.79 Å². The maximum absolute atomic E-state index is 13.2. The number of hydrogen-bond donors (Lipinski definition) is 1. The number of aliphatic hydroxyl groups is 1. The van der Waals surface area contributed by atoms with E-state index >= 15 is 0 Å². The highest BCUT2D eigenvalue weighted by atomic mass is 16.3. The third-order valence-electron chi connectivity index (χ3n) is 9.55. The molecule has 144 valence electrons. The fourth-order valence-corrected chi connectivity index (χ4v) is 8.21. The normalized spacial score (nSPS) is 47.6. The molecule has 5 aliphatic rings. The van der Waals surface area contributed by atoms with Crippen LogP contribution in [0.2, 0.25) is 0 Å². The zero-order chi connectivity index (χ0) is 19.0. The van der Waals surface area contributed by atoms with Gasteiger partial charge in [-0.05, 0) is 68.1 Å². The molecule has 5 aliphatic carbocycles. The molecular formula is C24H31NO2. The summed E-state index contributed by atoms with van der Waals surface area (Å²) in [5, 5.41) is 20.4. The first-order chi connectivity index (χ1) is 12.9. The quantitative estimate of drug-likeness (QED) is 0.632. The van der Waals surface area contributed by atoms with E-state index in [-0.39, 0.29) is 22.7 Å². The van der Waals surface area contributed by atoms with Gasteiger partial charge in [0, 0.05) is 5.41 Å². The van der Waals surface area contributed by atoms with Crippen molar-refractivity contribution >= 4 is 5.78 Å². The van der Waals surface area contributed by atoms with Gasteiger partial charge in [0.25, 0.3) is 0 Å². The average molecular weight is 366 g/mol. The first-order valence-electron chi connectivity index (χ1n) is 10.9. The molecule has 1 unspecified atom stereocenters. The Balaban J connectivity index is 1.63. The van der Waals surface area contributed by atoms with Crippen LogP contribution in [0.4, 0.5) is 0 Å². The number of nitrogens with zero attached hydrogens (tertiary/aromatic N) is 1. The summed E-state index contributed by atoms with van der Waals surface area (Å²) >= 11 is 0. The molecule has 0 aliphatic heterocycles. The van der Waals surface area contributed by atoms with E-state index in [1.54, 1.807) is 0 Å². The zero-order valence-corrected chi connectivity index (χ0v) is 16.6. The highest BCUT2D eigenvalue weighted by Crippen LogP contribution is 2.67. The second-order valence-electron chi connectivity index (χ2n) is 10.4. The van der Waals surface area contributed by atoms with Gasteiger partial charge in [-0.2, -0.15) is 5.26 Å². The van der Waals surface area contributed by atoms with Gasteiger partial charge >= 0.3 is 0 Å². The minimum atomic E-state index is -0.393. The molecule has 1 N–H and O–H groups in total. The van der Waals surface area contributed by atoms with Crippen LogP contribution in [0.1, 0.15) is 71.6 Å². The first kappa shape index (κ1) is 17.7. The molecule has 0 radical (unpaired) electrons. The van der Waals surface area contributed by atoms with E-state index in [9.17, 15) is 15.2 Å². The summed E-state index contributed by atoms with van der Waals surface area (Å²) in [5.41, 5.74) is 1.26. The number of fused-ring (bicyclic) bond motifs is 6. The zero-order valence-electron chi connectivity index (χ0n) is 16.6. The van der Waals surface area contributed by atoms with E-state index in [0.717, 1.165) is 57.8 Å². The molecule has 27 heavy (non-hydrogen) atoms. The number of hydrogen-bond acceptors (Lipinski definition) is 3. The van der Waals surface area contributed by atoms with Gasteiger partial charge in [-0.1, -0.05) is 44.4 Å². The molecule has 0 aromatic rings. The summed E-state index contributed by atoms with van der Waals surface area (Å²) in [5.74, 6) is 1.73. The largest absolute Gasteiger partial charge is 0.393 e. The Labute approximate surface area is 162 Å². The first-order valence-corrected chi connectivity index (χ1v) is 10.9. The van der Waals surface area contributed by atoms with Gasteiger partial charge in [0.1, 0.15) is 6.07 Å². The van der Waals surface area contributed by atoms with Crippen molar-refractivity contribution in [3.63, 3.8) is 0 Å². The number of allylic oxidation sites excluding steroid dienone is 4. The summed E-state index contributed by atoms with van der Waals surface area (Å²) in [6, 6.07) is 2.26.